The molecular weight excluding hydrogens is 236 g/mol. The number of ether oxygens (including phenoxy) is 1. The van der Waals surface area contributed by atoms with Crippen molar-refractivity contribution in [3.63, 3.8) is 0 Å². The van der Waals surface area contributed by atoms with E-state index >= 15 is 0 Å². The second-order valence-electron chi connectivity index (χ2n) is 5.39. The zero-order valence-corrected chi connectivity index (χ0v) is 11.3. The number of esters is 1. The SMILES string of the molecule is CC(=O)OCSC(=O)C1=CC[C@@H]2C[C@H]1C2(C)C. The third-order valence-corrected chi connectivity index (χ3v) is 4.89. The molecule has 3 rings (SSSR count). The molecule has 0 amide bonds. The normalized spacial score (nSPS) is 29.0. The highest BCUT2D eigenvalue weighted by atomic mass is 32.2. The maximum absolute atomic E-state index is 12.0. The quantitative estimate of drug-likeness (QED) is 0.574. The Hall–Kier alpha value is -0.770. The minimum atomic E-state index is -0.341. The third kappa shape index (κ3) is 2.28. The fourth-order valence-electron chi connectivity index (χ4n) is 2.83. The Morgan fingerprint density at radius 1 is 1.53 bits per heavy atom. The van der Waals surface area contributed by atoms with Crippen LogP contribution in [0, 0.1) is 17.3 Å². The lowest BCUT2D eigenvalue weighted by atomic mass is 9.49. The van der Waals surface area contributed by atoms with Gasteiger partial charge in [-0.05, 0) is 41.9 Å². The molecule has 0 aliphatic heterocycles. The van der Waals surface area contributed by atoms with Gasteiger partial charge in [-0.1, -0.05) is 19.9 Å². The maximum Gasteiger partial charge on any atom is 0.303 e. The van der Waals surface area contributed by atoms with Gasteiger partial charge in [-0.2, -0.15) is 0 Å². The zero-order valence-electron chi connectivity index (χ0n) is 10.5. The first kappa shape index (κ1) is 12.7. The minimum absolute atomic E-state index is 0.0717. The highest BCUT2D eigenvalue weighted by molar-refractivity contribution is 8.14. The summed E-state index contributed by atoms with van der Waals surface area (Å²) in [6, 6.07) is 0. The lowest BCUT2D eigenvalue weighted by molar-refractivity contribution is -0.138. The summed E-state index contributed by atoms with van der Waals surface area (Å²) in [5.74, 6) is 0.926. The summed E-state index contributed by atoms with van der Waals surface area (Å²) in [6.45, 7) is 5.83. The zero-order chi connectivity index (χ0) is 12.6. The van der Waals surface area contributed by atoms with Crippen molar-refractivity contribution in [3.05, 3.63) is 11.6 Å². The van der Waals surface area contributed by atoms with Crippen LogP contribution < -0.4 is 0 Å². The lowest BCUT2D eigenvalue weighted by Gasteiger charge is -2.55. The van der Waals surface area contributed by atoms with Crippen LogP contribution in [0.4, 0.5) is 0 Å². The molecule has 0 unspecified atom stereocenters. The van der Waals surface area contributed by atoms with Crippen molar-refractivity contribution >= 4 is 22.8 Å². The van der Waals surface area contributed by atoms with E-state index in [1.54, 1.807) is 0 Å². The second-order valence-corrected chi connectivity index (χ2v) is 6.28. The fourth-order valence-corrected chi connectivity index (χ4v) is 3.55. The van der Waals surface area contributed by atoms with Crippen molar-refractivity contribution < 1.29 is 14.3 Å². The molecular formula is C13H18O3S. The molecule has 0 saturated heterocycles. The second kappa shape index (κ2) is 4.48. The van der Waals surface area contributed by atoms with Gasteiger partial charge in [0.2, 0.25) is 5.12 Å². The summed E-state index contributed by atoms with van der Waals surface area (Å²) < 4.78 is 4.78. The van der Waals surface area contributed by atoms with E-state index in [0.717, 1.165) is 36.1 Å². The van der Waals surface area contributed by atoms with Gasteiger partial charge in [-0.3, -0.25) is 9.59 Å². The van der Waals surface area contributed by atoms with Gasteiger partial charge in [0.15, 0.2) is 0 Å². The van der Waals surface area contributed by atoms with E-state index in [4.69, 9.17) is 4.74 Å². The predicted octanol–water partition coefficient (Wildman–Crippen LogP) is 2.76. The van der Waals surface area contributed by atoms with Crippen molar-refractivity contribution in [1.82, 2.24) is 0 Å². The lowest BCUT2D eigenvalue weighted by Crippen LogP contribution is -2.49. The van der Waals surface area contributed by atoms with E-state index in [9.17, 15) is 9.59 Å². The van der Waals surface area contributed by atoms with Crippen molar-refractivity contribution in [2.24, 2.45) is 17.3 Å². The van der Waals surface area contributed by atoms with Crippen LogP contribution in [-0.2, 0) is 14.3 Å². The molecule has 0 heterocycles. The summed E-state index contributed by atoms with van der Waals surface area (Å²) in [6.07, 6.45) is 4.23. The van der Waals surface area contributed by atoms with Crippen LogP contribution in [0.3, 0.4) is 0 Å². The maximum atomic E-state index is 12.0. The largest absolute Gasteiger partial charge is 0.454 e. The summed E-state index contributed by atoms with van der Waals surface area (Å²) in [5.41, 5.74) is 1.21. The molecule has 0 spiro atoms. The van der Waals surface area contributed by atoms with Gasteiger partial charge in [-0.15, -0.1) is 0 Å². The Balaban J connectivity index is 1.92. The van der Waals surface area contributed by atoms with E-state index in [-0.39, 0.29) is 22.4 Å². The van der Waals surface area contributed by atoms with E-state index in [2.05, 4.69) is 19.9 Å². The molecule has 2 atom stereocenters. The molecule has 3 aliphatic rings. The number of rotatable bonds is 3. The summed E-state index contributed by atoms with van der Waals surface area (Å²) in [4.78, 5) is 22.6. The molecule has 17 heavy (non-hydrogen) atoms. The van der Waals surface area contributed by atoms with Crippen LogP contribution in [0.15, 0.2) is 11.6 Å². The van der Waals surface area contributed by atoms with Crippen molar-refractivity contribution in [2.45, 2.75) is 33.6 Å². The van der Waals surface area contributed by atoms with Gasteiger partial charge in [0, 0.05) is 12.5 Å². The molecule has 2 bridgehead atoms. The first-order valence-corrected chi connectivity index (χ1v) is 6.92. The van der Waals surface area contributed by atoms with E-state index < -0.39 is 0 Å². The molecule has 4 heteroatoms. The van der Waals surface area contributed by atoms with Crippen LogP contribution in [0.5, 0.6) is 0 Å². The first-order chi connectivity index (χ1) is 7.93. The van der Waals surface area contributed by atoms with Crippen LogP contribution in [-0.4, -0.2) is 17.0 Å². The van der Waals surface area contributed by atoms with Crippen LogP contribution >= 0.6 is 11.8 Å². The molecule has 1 fully saturated rings. The topological polar surface area (TPSA) is 43.4 Å². The number of carbonyl (C=O) groups excluding carboxylic acids is 2. The number of hydrogen-bond donors (Lipinski definition) is 0. The average molecular weight is 254 g/mol. The van der Waals surface area contributed by atoms with Gasteiger partial charge in [0.1, 0.15) is 5.94 Å². The van der Waals surface area contributed by atoms with Crippen molar-refractivity contribution in [2.75, 3.05) is 5.94 Å². The molecule has 0 aromatic carbocycles. The standard InChI is InChI=1S/C13H18O3S/c1-8(14)16-7-17-12(15)10-5-4-9-6-11(10)13(9,2)3/h5,9,11H,4,6-7H2,1-3H3/t9-,11-/m1/s1. The van der Waals surface area contributed by atoms with Gasteiger partial charge in [0.05, 0.1) is 0 Å². The van der Waals surface area contributed by atoms with E-state index in [1.807, 2.05) is 0 Å². The molecule has 0 aromatic rings. The average Bonchev–Trinajstić information content (AvgIpc) is 2.28. The fraction of sp³-hybridized carbons (Fsp3) is 0.692. The molecule has 1 saturated carbocycles. The monoisotopic (exact) mass is 254 g/mol. The first-order valence-electron chi connectivity index (χ1n) is 5.93. The van der Waals surface area contributed by atoms with Gasteiger partial charge in [0.25, 0.3) is 0 Å². The van der Waals surface area contributed by atoms with E-state index in [0.29, 0.717) is 5.92 Å². The Kier molecular flexibility index (Phi) is 3.34. The van der Waals surface area contributed by atoms with Crippen LogP contribution in [0.2, 0.25) is 0 Å². The van der Waals surface area contributed by atoms with Gasteiger partial charge < -0.3 is 4.74 Å². The molecule has 0 aromatic heterocycles. The minimum Gasteiger partial charge on any atom is -0.454 e. The Labute approximate surface area is 106 Å². The predicted molar refractivity (Wildman–Crippen MR) is 67.3 cm³/mol. The molecule has 0 radical (unpaired) electrons. The summed E-state index contributed by atoms with van der Waals surface area (Å²) >= 11 is 1.09. The van der Waals surface area contributed by atoms with Crippen molar-refractivity contribution in [1.29, 1.82) is 0 Å². The smallest absolute Gasteiger partial charge is 0.303 e. The Morgan fingerprint density at radius 2 is 2.24 bits per heavy atom. The van der Waals surface area contributed by atoms with Gasteiger partial charge >= 0.3 is 5.97 Å². The van der Waals surface area contributed by atoms with Crippen LogP contribution in [0.1, 0.15) is 33.6 Å². The number of allylic oxidation sites excluding steroid dienone is 1. The number of carbonyl (C=O) groups is 2. The number of thioether (sulfide) groups is 1. The summed E-state index contributed by atoms with van der Waals surface area (Å²) in [5, 5.41) is 0.0717. The Morgan fingerprint density at radius 3 is 2.76 bits per heavy atom. The van der Waals surface area contributed by atoms with Crippen LogP contribution in [0.25, 0.3) is 0 Å². The molecule has 94 valence electrons. The molecule has 3 nitrogen and oxygen atoms in total. The number of hydrogen-bond acceptors (Lipinski definition) is 4. The Bertz CT molecular complexity index is 384. The van der Waals surface area contributed by atoms with E-state index in [1.165, 1.54) is 6.92 Å². The molecule has 0 N–H and O–H groups in total. The van der Waals surface area contributed by atoms with Crippen molar-refractivity contribution in [3.8, 4) is 0 Å². The third-order valence-electron chi connectivity index (χ3n) is 4.16. The number of fused-ring (bicyclic) bond motifs is 1. The highest BCUT2D eigenvalue weighted by Crippen LogP contribution is 2.59. The molecule has 3 aliphatic carbocycles. The summed E-state index contributed by atoms with van der Waals surface area (Å²) in [7, 11) is 0. The van der Waals surface area contributed by atoms with Gasteiger partial charge in [-0.25, -0.2) is 0 Å². The highest BCUT2D eigenvalue weighted by Gasteiger charge is 2.52.